The summed E-state index contributed by atoms with van der Waals surface area (Å²) in [4.78, 5) is 26.1. The summed E-state index contributed by atoms with van der Waals surface area (Å²) in [5, 5.41) is 23.1. The van der Waals surface area contributed by atoms with Crippen LogP contribution < -0.4 is 5.32 Å². The lowest BCUT2D eigenvalue weighted by atomic mass is 9.79. The first kappa shape index (κ1) is 15.8. The number of nitrogens with one attached hydrogen (secondary N) is 1. The van der Waals surface area contributed by atoms with Crippen LogP contribution in [0, 0.1) is 11.8 Å². The second-order valence-corrected chi connectivity index (χ2v) is 7.68. The molecule has 0 aromatic carbocycles. The minimum atomic E-state index is -1.04. The van der Waals surface area contributed by atoms with Gasteiger partial charge in [0.15, 0.2) is 0 Å². The molecule has 122 valence electrons. The highest BCUT2D eigenvalue weighted by molar-refractivity contribution is 8.03. The van der Waals surface area contributed by atoms with E-state index in [1.54, 1.807) is 18.7 Å². The molecule has 7 heteroatoms. The Morgan fingerprint density at radius 1 is 1.41 bits per heavy atom. The molecule has 3 rings (SSSR count). The molecular formula is C15H22N2O4S. The zero-order chi connectivity index (χ0) is 16.0. The molecule has 0 aromatic rings. The van der Waals surface area contributed by atoms with Crippen molar-refractivity contribution in [1.29, 1.82) is 0 Å². The van der Waals surface area contributed by atoms with Gasteiger partial charge in [-0.2, -0.15) is 0 Å². The van der Waals surface area contributed by atoms with Crippen molar-refractivity contribution < 1.29 is 19.8 Å². The number of rotatable bonds is 4. The lowest BCUT2D eigenvalue weighted by Crippen LogP contribution is -2.63. The number of hydrogen-bond acceptors (Lipinski definition) is 5. The van der Waals surface area contributed by atoms with Gasteiger partial charge in [0.05, 0.1) is 18.1 Å². The first-order chi connectivity index (χ1) is 10.4. The fourth-order valence-electron chi connectivity index (χ4n) is 3.77. The third-order valence-electron chi connectivity index (χ3n) is 4.89. The Hall–Kier alpha value is -1.05. The molecule has 1 amide bonds. The highest BCUT2D eigenvalue weighted by atomic mass is 32.2. The van der Waals surface area contributed by atoms with Crippen LogP contribution in [0.25, 0.3) is 0 Å². The molecule has 0 radical (unpaired) electrons. The van der Waals surface area contributed by atoms with Gasteiger partial charge in [-0.05, 0) is 32.9 Å². The van der Waals surface area contributed by atoms with Crippen LogP contribution in [-0.2, 0) is 9.59 Å². The first-order valence-corrected chi connectivity index (χ1v) is 8.67. The highest BCUT2D eigenvalue weighted by Gasteiger charge is 2.60. The minimum absolute atomic E-state index is 0.0247. The van der Waals surface area contributed by atoms with E-state index in [0.717, 1.165) is 30.8 Å². The molecule has 0 bridgehead atoms. The summed E-state index contributed by atoms with van der Waals surface area (Å²) in [5.74, 6) is -1.80. The van der Waals surface area contributed by atoms with Gasteiger partial charge in [-0.15, -0.1) is 11.8 Å². The van der Waals surface area contributed by atoms with E-state index in [-0.39, 0.29) is 23.6 Å². The molecule has 2 saturated heterocycles. The number of hydrogen-bond donors (Lipinski definition) is 3. The largest absolute Gasteiger partial charge is 0.477 e. The Bertz CT molecular complexity index is 528. The van der Waals surface area contributed by atoms with E-state index in [2.05, 4.69) is 5.32 Å². The van der Waals surface area contributed by atoms with Gasteiger partial charge in [-0.3, -0.25) is 4.79 Å². The number of nitrogens with zero attached hydrogens (tertiary/aromatic N) is 1. The van der Waals surface area contributed by atoms with Crippen LogP contribution in [0.3, 0.4) is 0 Å². The Labute approximate surface area is 133 Å². The molecule has 0 spiro atoms. The van der Waals surface area contributed by atoms with E-state index in [1.165, 1.54) is 4.90 Å². The second kappa shape index (κ2) is 5.86. The molecule has 3 aliphatic heterocycles. The van der Waals surface area contributed by atoms with Gasteiger partial charge in [0.1, 0.15) is 5.70 Å². The number of aliphatic hydroxyl groups is 1. The second-order valence-electron chi connectivity index (χ2n) is 6.34. The quantitative estimate of drug-likeness (QED) is 0.657. The van der Waals surface area contributed by atoms with Crippen molar-refractivity contribution in [3.05, 3.63) is 10.6 Å². The molecule has 22 heavy (non-hydrogen) atoms. The van der Waals surface area contributed by atoms with Crippen molar-refractivity contribution in [1.82, 2.24) is 10.2 Å². The third-order valence-corrected chi connectivity index (χ3v) is 6.51. The molecule has 3 N–H and O–H groups in total. The van der Waals surface area contributed by atoms with Gasteiger partial charge in [-0.1, -0.05) is 6.92 Å². The predicted octanol–water partition coefficient (Wildman–Crippen LogP) is 0.625. The average molecular weight is 326 g/mol. The predicted molar refractivity (Wildman–Crippen MR) is 83.1 cm³/mol. The summed E-state index contributed by atoms with van der Waals surface area (Å²) in [7, 11) is 0. The lowest BCUT2D eigenvalue weighted by molar-refractivity contribution is -0.163. The average Bonchev–Trinajstić information content (AvgIpc) is 2.70. The standard InChI is InChI=1S/C15H22N2O4S/c1-7-11-10(8(2)18)14(19)17(11)12(15(20)21)13(7)22-9-3-5-16-6-4-9/h7-11,16,18H,3-6H2,1-2H3,(H,20,21)/t7-,8-,10-,11-/m1/s1. The Balaban J connectivity index is 1.86. The number of fused-ring (bicyclic) bond motifs is 1. The zero-order valence-electron chi connectivity index (χ0n) is 12.8. The molecule has 0 aromatic heterocycles. The molecule has 0 saturated carbocycles. The number of aliphatic carboxylic acids is 1. The number of carboxylic acids is 1. The molecule has 2 fully saturated rings. The SMILES string of the molecule is C[C@@H](O)[C@H]1C(=O)N2C(C(=O)O)=C(SC3CCNCC3)[C@H](C)[C@H]12. The third kappa shape index (κ3) is 2.35. The number of β-lactam (4-membered cyclic amide) rings is 1. The van der Waals surface area contributed by atoms with Gasteiger partial charge < -0.3 is 20.4 Å². The summed E-state index contributed by atoms with van der Waals surface area (Å²) in [6.45, 7) is 5.47. The number of piperidine rings is 1. The smallest absolute Gasteiger partial charge is 0.353 e. The number of carbonyl (C=O) groups is 2. The van der Waals surface area contributed by atoms with E-state index in [4.69, 9.17) is 0 Å². The maximum absolute atomic E-state index is 12.2. The Kier molecular flexibility index (Phi) is 4.22. The van der Waals surface area contributed by atoms with E-state index in [0.29, 0.717) is 5.25 Å². The van der Waals surface area contributed by atoms with Crippen LogP contribution in [0.4, 0.5) is 0 Å². The Morgan fingerprint density at radius 3 is 2.59 bits per heavy atom. The van der Waals surface area contributed by atoms with Crippen molar-refractivity contribution in [2.45, 2.75) is 44.1 Å². The first-order valence-electron chi connectivity index (χ1n) is 7.79. The fourth-order valence-corrected chi connectivity index (χ4v) is 5.25. The van der Waals surface area contributed by atoms with Gasteiger partial charge >= 0.3 is 5.97 Å². The summed E-state index contributed by atoms with van der Waals surface area (Å²) < 4.78 is 0. The summed E-state index contributed by atoms with van der Waals surface area (Å²) >= 11 is 1.62. The van der Waals surface area contributed by atoms with Crippen molar-refractivity contribution in [2.75, 3.05) is 13.1 Å². The number of aliphatic hydroxyl groups excluding tert-OH is 1. The van der Waals surface area contributed by atoms with Gasteiger partial charge in [-0.25, -0.2) is 4.79 Å². The van der Waals surface area contributed by atoms with E-state index < -0.39 is 18.0 Å². The van der Waals surface area contributed by atoms with E-state index >= 15 is 0 Å². The normalized spacial score (nSPS) is 33.7. The maximum atomic E-state index is 12.2. The van der Waals surface area contributed by atoms with Crippen LogP contribution >= 0.6 is 11.8 Å². The lowest BCUT2D eigenvalue weighted by Gasteiger charge is -2.46. The molecular weight excluding hydrogens is 304 g/mol. The van der Waals surface area contributed by atoms with Gasteiger partial charge in [0.2, 0.25) is 5.91 Å². The van der Waals surface area contributed by atoms with Crippen molar-refractivity contribution in [3.8, 4) is 0 Å². The number of thioether (sulfide) groups is 1. The number of carboxylic acid groups (broad SMARTS) is 1. The number of carbonyl (C=O) groups excluding carboxylic acids is 1. The highest BCUT2D eigenvalue weighted by Crippen LogP contribution is 2.51. The molecule has 0 unspecified atom stereocenters. The molecule has 0 aliphatic carbocycles. The van der Waals surface area contributed by atoms with Crippen LogP contribution in [0.2, 0.25) is 0 Å². The van der Waals surface area contributed by atoms with Crippen molar-refractivity contribution in [2.24, 2.45) is 11.8 Å². The van der Waals surface area contributed by atoms with Crippen molar-refractivity contribution >= 4 is 23.6 Å². The maximum Gasteiger partial charge on any atom is 0.353 e. The van der Waals surface area contributed by atoms with Crippen LogP contribution in [0.1, 0.15) is 26.7 Å². The van der Waals surface area contributed by atoms with Crippen LogP contribution in [-0.4, -0.2) is 57.5 Å². The summed E-state index contributed by atoms with van der Waals surface area (Å²) in [6.07, 6.45) is 1.27. The van der Waals surface area contributed by atoms with Crippen molar-refractivity contribution in [3.63, 3.8) is 0 Å². The number of amides is 1. The van der Waals surface area contributed by atoms with E-state index in [9.17, 15) is 19.8 Å². The molecule has 6 nitrogen and oxygen atoms in total. The monoisotopic (exact) mass is 326 g/mol. The molecule has 3 heterocycles. The molecule has 3 aliphatic rings. The fraction of sp³-hybridized carbons (Fsp3) is 0.733. The topological polar surface area (TPSA) is 89.9 Å². The zero-order valence-corrected chi connectivity index (χ0v) is 13.6. The van der Waals surface area contributed by atoms with Gasteiger partial charge in [0, 0.05) is 16.1 Å². The minimum Gasteiger partial charge on any atom is -0.477 e. The molecule has 4 atom stereocenters. The van der Waals surface area contributed by atoms with Crippen LogP contribution in [0.15, 0.2) is 10.6 Å². The summed E-state index contributed by atoms with van der Waals surface area (Å²) in [5.41, 5.74) is 0.142. The van der Waals surface area contributed by atoms with E-state index in [1.807, 2.05) is 6.92 Å². The van der Waals surface area contributed by atoms with Crippen LogP contribution in [0.5, 0.6) is 0 Å². The van der Waals surface area contributed by atoms with Gasteiger partial charge in [0.25, 0.3) is 0 Å². The summed E-state index contributed by atoms with van der Waals surface area (Å²) in [6, 6.07) is -0.206. The Morgan fingerprint density at radius 2 is 2.05 bits per heavy atom.